The van der Waals surface area contributed by atoms with Crippen LogP contribution in [0.25, 0.3) is 0 Å². The topological polar surface area (TPSA) is 66.6 Å². The lowest BCUT2D eigenvalue weighted by molar-refractivity contribution is 0.0824. The molecule has 3 N–H and O–H groups in total. The van der Waals surface area contributed by atoms with Gasteiger partial charge in [0, 0.05) is 14.1 Å². The molecule has 0 bridgehead atoms. The van der Waals surface area contributed by atoms with Crippen molar-refractivity contribution in [2.75, 3.05) is 19.8 Å². The molecule has 0 fully saturated rings. The molecule has 15 heavy (non-hydrogen) atoms. The molecule has 1 aromatic carbocycles. The maximum Gasteiger partial charge on any atom is 0.257 e. The highest BCUT2D eigenvalue weighted by molar-refractivity contribution is 5.98. The van der Waals surface area contributed by atoms with Crippen molar-refractivity contribution < 1.29 is 9.90 Å². The molecule has 0 aliphatic heterocycles. The molecule has 0 aliphatic rings. The summed E-state index contributed by atoms with van der Waals surface area (Å²) in [4.78, 5) is 13.1. The van der Waals surface area contributed by atoms with Crippen LogP contribution in [0.5, 0.6) is 5.75 Å². The number of nitrogens with two attached hydrogens (primary N) is 1. The third-order valence-electron chi connectivity index (χ3n) is 2.50. The average Bonchev–Trinajstić information content (AvgIpc) is 2.19. The fourth-order valence-electron chi connectivity index (χ4n) is 1.33. The Hall–Kier alpha value is -1.71. The molecule has 0 unspecified atom stereocenters. The number of nitrogens with zero attached hydrogens (tertiary/aromatic N) is 1. The highest BCUT2D eigenvalue weighted by Gasteiger charge is 2.17. The fraction of sp³-hybridized carbons (Fsp3) is 0.364. The Labute approximate surface area is 89.3 Å². The lowest BCUT2D eigenvalue weighted by Crippen LogP contribution is -2.22. The van der Waals surface area contributed by atoms with E-state index in [-0.39, 0.29) is 22.9 Å². The van der Waals surface area contributed by atoms with Crippen molar-refractivity contribution >= 4 is 11.6 Å². The molecule has 1 rings (SSSR count). The quantitative estimate of drug-likeness (QED) is 0.540. The first-order valence-corrected chi connectivity index (χ1v) is 4.66. The minimum Gasteiger partial charge on any atom is -0.505 e. The molecule has 0 radical (unpaired) electrons. The van der Waals surface area contributed by atoms with Gasteiger partial charge in [0.25, 0.3) is 5.91 Å². The van der Waals surface area contributed by atoms with Crippen LogP contribution in [-0.4, -0.2) is 30.0 Å². The van der Waals surface area contributed by atoms with Crippen LogP contribution in [0.15, 0.2) is 6.07 Å². The summed E-state index contributed by atoms with van der Waals surface area (Å²) < 4.78 is 0. The van der Waals surface area contributed by atoms with Crippen molar-refractivity contribution in [2.45, 2.75) is 13.8 Å². The number of carbonyl (C=O) groups is 1. The van der Waals surface area contributed by atoms with E-state index in [2.05, 4.69) is 0 Å². The monoisotopic (exact) mass is 208 g/mol. The van der Waals surface area contributed by atoms with Crippen LogP contribution >= 0.6 is 0 Å². The van der Waals surface area contributed by atoms with Gasteiger partial charge in [-0.05, 0) is 31.0 Å². The molecule has 0 aromatic heterocycles. The van der Waals surface area contributed by atoms with Gasteiger partial charge in [0.2, 0.25) is 0 Å². The largest absolute Gasteiger partial charge is 0.505 e. The summed E-state index contributed by atoms with van der Waals surface area (Å²) in [5, 5.41) is 9.75. The van der Waals surface area contributed by atoms with Crippen LogP contribution in [0.2, 0.25) is 0 Å². The number of hydrogen-bond donors (Lipinski definition) is 2. The number of amides is 1. The number of nitrogen functional groups attached to an aromatic ring is 1. The summed E-state index contributed by atoms with van der Waals surface area (Å²) in [7, 11) is 3.26. The molecule has 0 heterocycles. The third kappa shape index (κ3) is 1.88. The number of carbonyl (C=O) groups excluding carboxylic acids is 1. The summed E-state index contributed by atoms with van der Waals surface area (Å²) >= 11 is 0. The Morgan fingerprint density at radius 1 is 1.40 bits per heavy atom. The van der Waals surface area contributed by atoms with Crippen LogP contribution in [-0.2, 0) is 0 Å². The Balaban J connectivity index is 3.39. The first-order chi connectivity index (χ1) is 6.86. The Kier molecular flexibility index (Phi) is 2.88. The Morgan fingerprint density at radius 3 is 2.40 bits per heavy atom. The number of aromatic hydroxyl groups is 1. The predicted molar refractivity (Wildman–Crippen MR) is 60.0 cm³/mol. The fourth-order valence-corrected chi connectivity index (χ4v) is 1.33. The van der Waals surface area contributed by atoms with Crippen molar-refractivity contribution in [2.24, 2.45) is 0 Å². The molecule has 1 aromatic rings. The number of rotatable bonds is 1. The van der Waals surface area contributed by atoms with E-state index in [0.29, 0.717) is 0 Å². The van der Waals surface area contributed by atoms with Crippen molar-refractivity contribution in [3.05, 3.63) is 22.8 Å². The van der Waals surface area contributed by atoms with Gasteiger partial charge in [-0.1, -0.05) is 0 Å². The Bertz CT molecular complexity index is 412. The van der Waals surface area contributed by atoms with Crippen molar-refractivity contribution in [3.63, 3.8) is 0 Å². The first kappa shape index (κ1) is 11.4. The SMILES string of the molecule is Cc1cc(C(=O)N(C)C)c(O)c(N)c1C. The molecule has 0 spiro atoms. The number of hydrogen-bond acceptors (Lipinski definition) is 3. The van der Waals surface area contributed by atoms with Crippen molar-refractivity contribution in [1.82, 2.24) is 4.90 Å². The number of phenolic OH excluding ortho intramolecular Hbond substituents is 1. The molecule has 0 aliphatic carbocycles. The second-order valence-electron chi connectivity index (χ2n) is 3.83. The highest BCUT2D eigenvalue weighted by atomic mass is 16.3. The summed E-state index contributed by atoms with van der Waals surface area (Å²) in [6.07, 6.45) is 0. The zero-order valence-electron chi connectivity index (χ0n) is 9.46. The molecule has 0 atom stereocenters. The molecule has 4 heteroatoms. The number of aryl methyl sites for hydroxylation is 1. The van der Waals surface area contributed by atoms with Crippen molar-refractivity contribution in [1.29, 1.82) is 0 Å². The molecule has 0 saturated carbocycles. The van der Waals surface area contributed by atoms with E-state index in [9.17, 15) is 9.90 Å². The van der Waals surface area contributed by atoms with Crippen molar-refractivity contribution in [3.8, 4) is 5.75 Å². The second kappa shape index (κ2) is 3.81. The highest BCUT2D eigenvalue weighted by Crippen LogP contribution is 2.31. The lowest BCUT2D eigenvalue weighted by Gasteiger charge is -2.15. The lowest BCUT2D eigenvalue weighted by atomic mass is 10.0. The van der Waals surface area contributed by atoms with E-state index in [1.54, 1.807) is 20.2 Å². The van der Waals surface area contributed by atoms with E-state index in [4.69, 9.17) is 5.73 Å². The van der Waals surface area contributed by atoms with Crippen LogP contribution in [0.4, 0.5) is 5.69 Å². The van der Waals surface area contributed by atoms with Gasteiger partial charge in [0.1, 0.15) is 0 Å². The third-order valence-corrected chi connectivity index (χ3v) is 2.50. The normalized spacial score (nSPS) is 10.1. The van der Waals surface area contributed by atoms with Gasteiger partial charge >= 0.3 is 0 Å². The van der Waals surface area contributed by atoms with Gasteiger partial charge in [-0.15, -0.1) is 0 Å². The zero-order chi connectivity index (χ0) is 11.7. The maximum absolute atomic E-state index is 11.7. The molecular weight excluding hydrogens is 192 g/mol. The van der Waals surface area contributed by atoms with E-state index in [0.717, 1.165) is 11.1 Å². The van der Waals surface area contributed by atoms with Gasteiger partial charge in [0.15, 0.2) is 5.75 Å². The van der Waals surface area contributed by atoms with Gasteiger partial charge < -0.3 is 15.7 Å². The Morgan fingerprint density at radius 2 is 1.93 bits per heavy atom. The summed E-state index contributed by atoms with van der Waals surface area (Å²) in [6.45, 7) is 3.67. The minimum absolute atomic E-state index is 0.128. The van der Waals surface area contributed by atoms with Crippen LogP contribution in [0.3, 0.4) is 0 Å². The standard InChI is InChI=1S/C11H16N2O2/c1-6-5-8(11(15)13(3)4)10(14)9(12)7(6)2/h5,14H,12H2,1-4H3. The molecule has 1 amide bonds. The van der Waals surface area contributed by atoms with Crippen LogP contribution in [0, 0.1) is 13.8 Å². The summed E-state index contributed by atoms with van der Waals surface area (Å²) in [5.74, 6) is -0.376. The number of benzene rings is 1. The van der Waals surface area contributed by atoms with E-state index in [1.165, 1.54) is 4.90 Å². The zero-order valence-corrected chi connectivity index (χ0v) is 9.46. The van der Waals surface area contributed by atoms with E-state index in [1.807, 2.05) is 13.8 Å². The molecule has 0 saturated heterocycles. The van der Waals surface area contributed by atoms with E-state index < -0.39 is 0 Å². The molecular formula is C11H16N2O2. The maximum atomic E-state index is 11.7. The molecule has 4 nitrogen and oxygen atoms in total. The van der Waals surface area contributed by atoms with Crippen LogP contribution in [0.1, 0.15) is 21.5 Å². The van der Waals surface area contributed by atoms with Gasteiger partial charge in [0.05, 0.1) is 11.3 Å². The van der Waals surface area contributed by atoms with Gasteiger partial charge in [-0.3, -0.25) is 4.79 Å². The minimum atomic E-state index is -0.248. The van der Waals surface area contributed by atoms with E-state index >= 15 is 0 Å². The second-order valence-corrected chi connectivity index (χ2v) is 3.83. The average molecular weight is 208 g/mol. The van der Waals surface area contributed by atoms with Gasteiger partial charge in [-0.25, -0.2) is 0 Å². The van der Waals surface area contributed by atoms with Crippen LogP contribution < -0.4 is 5.73 Å². The number of phenols is 1. The summed E-state index contributed by atoms with van der Waals surface area (Å²) in [6, 6.07) is 1.66. The smallest absolute Gasteiger partial charge is 0.257 e. The summed E-state index contributed by atoms with van der Waals surface area (Å²) in [5.41, 5.74) is 7.94. The predicted octanol–water partition coefficient (Wildman–Crippen LogP) is 1.29. The number of anilines is 1. The first-order valence-electron chi connectivity index (χ1n) is 4.66. The molecule has 82 valence electrons. The van der Waals surface area contributed by atoms with Gasteiger partial charge in [-0.2, -0.15) is 0 Å².